The van der Waals surface area contributed by atoms with E-state index in [1.54, 1.807) is 24.2 Å². The molecule has 5 rings (SSSR count). The number of morpholine rings is 1. The Morgan fingerprint density at radius 1 is 1.24 bits per heavy atom. The summed E-state index contributed by atoms with van der Waals surface area (Å²) in [5, 5.41) is 4.52. The van der Waals surface area contributed by atoms with Crippen molar-refractivity contribution in [2.75, 3.05) is 33.3 Å². The molecule has 3 amide bonds. The minimum absolute atomic E-state index is 0.0236. The average Bonchev–Trinajstić information content (AvgIpc) is 3.24. The van der Waals surface area contributed by atoms with Crippen molar-refractivity contribution in [1.29, 1.82) is 0 Å². The third-order valence-corrected chi connectivity index (χ3v) is 7.88. The lowest BCUT2D eigenvalue weighted by Gasteiger charge is -2.31. The van der Waals surface area contributed by atoms with Crippen molar-refractivity contribution in [3.63, 3.8) is 0 Å². The Bertz CT molecular complexity index is 1260. The van der Waals surface area contributed by atoms with Crippen LogP contribution in [-0.4, -0.2) is 66.1 Å². The average molecular weight is 519 g/mol. The number of urea groups is 1. The predicted octanol–water partition coefficient (Wildman–Crippen LogP) is 4.59. The second-order valence-corrected chi connectivity index (χ2v) is 10.5. The van der Waals surface area contributed by atoms with E-state index in [4.69, 9.17) is 27.9 Å². The zero-order valence-corrected chi connectivity index (χ0v) is 21.0. The quantitative estimate of drug-likeness (QED) is 0.534. The molecule has 4 heterocycles. The van der Waals surface area contributed by atoms with Crippen LogP contribution >= 0.6 is 34.5 Å². The fourth-order valence-electron chi connectivity index (χ4n) is 4.43. The molecule has 34 heavy (non-hydrogen) atoms. The standard InChI is InChI=1S/C24H24Cl2N4O3S/c1-29-6-3-22(31)30(24(29)32)13-16-11-21-23(34-16)17(2-4-28-21)18-8-14(25)9-20(26)19(18)10-15-12-27-5-7-33-15/h2,4,8-9,11,15,27H,3,5-7,10,12-13H2,1H3. The number of benzene rings is 1. The van der Waals surface area contributed by atoms with Gasteiger partial charge in [0.2, 0.25) is 5.91 Å². The molecule has 0 radical (unpaired) electrons. The fraction of sp³-hybridized carbons (Fsp3) is 0.375. The maximum Gasteiger partial charge on any atom is 0.326 e. The maximum absolute atomic E-state index is 12.5. The van der Waals surface area contributed by atoms with Crippen LogP contribution in [0.15, 0.2) is 30.5 Å². The van der Waals surface area contributed by atoms with Gasteiger partial charge in [-0.1, -0.05) is 23.2 Å². The predicted molar refractivity (Wildman–Crippen MR) is 135 cm³/mol. The number of thiophene rings is 1. The Balaban J connectivity index is 1.53. The number of aromatic nitrogens is 1. The van der Waals surface area contributed by atoms with E-state index in [-0.39, 0.29) is 24.6 Å². The van der Waals surface area contributed by atoms with E-state index in [9.17, 15) is 9.59 Å². The van der Waals surface area contributed by atoms with Crippen molar-refractivity contribution in [3.8, 4) is 11.1 Å². The summed E-state index contributed by atoms with van der Waals surface area (Å²) in [7, 11) is 1.71. The molecule has 1 unspecified atom stereocenters. The Labute approximate surface area is 211 Å². The molecule has 2 aromatic heterocycles. The van der Waals surface area contributed by atoms with Crippen LogP contribution < -0.4 is 5.32 Å². The highest BCUT2D eigenvalue weighted by atomic mass is 35.5. The second kappa shape index (κ2) is 9.79. The van der Waals surface area contributed by atoms with Crippen molar-refractivity contribution in [2.24, 2.45) is 0 Å². The summed E-state index contributed by atoms with van der Waals surface area (Å²) < 4.78 is 6.89. The molecule has 0 bridgehead atoms. The number of rotatable bonds is 5. The Hall–Kier alpha value is -2.23. The smallest absolute Gasteiger partial charge is 0.326 e. The molecule has 0 saturated carbocycles. The molecule has 2 aliphatic rings. The minimum atomic E-state index is -0.271. The van der Waals surface area contributed by atoms with Crippen LogP contribution in [0.1, 0.15) is 16.9 Å². The first-order chi connectivity index (χ1) is 16.4. The number of nitrogens with one attached hydrogen (secondary N) is 1. The zero-order chi connectivity index (χ0) is 23.8. The number of imide groups is 1. The number of fused-ring (bicyclic) bond motifs is 1. The van der Waals surface area contributed by atoms with Gasteiger partial charge in [0.1, 0.15) is 0 Å². The Morgan fingerprint density at radius 3 is 2.88 bits per heavy atom. The van der Waals surface area contributed by atoms with Crippen LogP contribution in [0, 0.1) is 0 Å². The van der Waals surface area contributed by atoms with Crippen molar-refractivity contribution >= 4 is 56.7 Å². The summed E-state index contributed by atoms with van der Waals surface area (Å²) in [6.45, 7) is 2.96. The molecule has 1 atom stereocenters. The first-order valence-corrected chi connectivity index (χ1v) is 12.7. The van der Waals surface area contributed by atoms with E-state index in [0.717, 1.165) is 44.9 Å². The zero-order valence-electron chi connectivity index (χ0n) is 18.6. The number of ether oxygens (including phenoxy) is 1. The monoisotopic (exact) mass is 518 g/mol. The first-order valence-electron chi connectivity index (χ1n) is 11.1. The number of nitrogens with zero attached hydrogens (tertiary/aromatic N) is 3. The van der Waals surface area contributed by atoms with Gasteiger partial charge in [-0.3, -0.25) is 14.7 Å². The highest BCUT2D eigenvalue weighted by molar-refractivity contribution is 7.19. The fourth-order valence-corrected chi connectivity index (χ4v) is 6.13. The normalized spacial score (nSPS) is 19.3. The molecule has 2 fully saturated rings. The van der Waals surface area contributed by atoms with Crippen molar-refractivity contribution in [2.45, 2.75) is 25.5 Å². The molecule has 3 aromatic rings. The van der Waals surface area contributed by atoms with Gasteiger partial charge in [-0.25, -0.2) is 4.79 Å². The van der Waals surface area contributed by atoms with Gasteiger partial charge in [-0.15, -0.1) is 11.3 Å². The molecular weight excluding hydrogens is 495 g/mol. The lowest BCUT2D eigenvalue weighted by atomic mass is 9.95. The lowest BCUT2D eigenvalue weighted by molar-refractivity contribution is -0.131. The molecule has 2 aliphatic heterocycles. The van der Waals surface area contributed by atoms with Gasteiger partial charge in [0.25, 0.3) is 0 Å². The van der Waals surface area contributed by atoms with Crippen molar-refractivity contribution < 1.29 is 14.3 Å². The van der Waals surface area contributed by atoms with Crippen LogP contribution in [0.3, 0.4) is 0 Å². The third kappa shape index (κ3) is 4.65. The topological polar surface area (TPSA) is 74.8 Å². The van der Waals surface area contributed by atoms with Crippen LogP contribution in [0.5, 0.6) is 0 Å². The molecule has 7 nitrogen and oxygen atoms in total. The molecule has 0 spiro atoms. The number of hydrogen-bond acceptors (Lipinski definition) is 6. The number of carbonyl (C=O) groups is 2. The Kier molecular flexibility index (Phi) is 6.77. The van der Waals surface area contributed by atoms with Gasteiger partial charge in [0.05, 0.1) is 29.5 Å². The van der Waals surface area contributed by atoms with Crippen LogP contribution in [-0.2, 0) is 22.5 Å². The number of pyridine rings is 1. The second-order valence-electron chi connectivity index (χ2n) is 8.53. The number of hydrogen-bond donors (Lipinski definition) is 1. The van der Waals surface area contributed by atoms with E-state index >= 15 is 0 Å². The highest BCUT2D eigenvalue weighted by Gasteiger charge is 2.30. The molecular formula is C24H24Cl2N4O3S. The summed E-state index contributed by atoms with van der Waals surface area (Å²) >= 11 is 14.6. The number of carbonyl (C=O) groups excluding carboxylic acids is 2. The van der Waals surface area contributed by atoms with Crippen LogP contribution in [0.25, 0.3) is 21.3 Å². The summed E-state index contributed by atoms with van der Waals surface area (Å²) in [5.74, 6) is -0.154. The van der Waals surface area contributed by atoms with E-state index in [1.165, 1.54) is 16.2 Å². The van der Waals surface area contributed by atoms with Crippen molar-refractivity contribution in [3.05, 3.63) is 50.9 Å². The number of amides is 3. The van der Waals surface area contributed by atoms with E-state index in [2.05, 4.69) is 10.3 Å². The molecule has 1 aromatic carbocycles. The van der Waals surface area contributed by atoms with Crippen molar-refractivity contribution in [1.82, 2.24) is 20.1 Å². The van der Waals surface area contributed by atoms with Crippen LogP contribution in [0.2, 0.25) is 10.0 Å². The summed E-state index contributed by atoms with van der Waals surface area (Å²) in [5.41, 5.74) is 3.70. The summed E-state index contributed by atoms with van der Waals surface area (Å²) in [6.07, 6.45) is 2.77. The largest absolute Gasteiger partial charge is 0.375 e. The molecule has 10 heteroatoms. The molecule has 2 saturated heterocycles. The van der Waals surface area contributed by atoms with Gasteiger partial charge in [-0.2, -0.15) is 0 Å². The van der Waals surface area contributed by atoms with Gasteiger partial charge in [0, 0.05) is 66.2 Å². The highest BCUT2D eigenvalue weighted by Crippen LogP contribution is 2.40. The molecule has 178 valence electrons. The van der Waals surface area contributed by atoms with Crippen LogP contribution in [0.4, 0.5) is 4.79 Å². The maximum atomic E-state index is 12.5. The van der Waals surface area contributed by atoms with Gasteiger partial charge in [-0.05, 0) is 35.4 Å². The first kappa shape index (κ1) is 23.5. The van der Waals surface area contributed by atoms with E-state index in [0.29, 0.717) is 36.0 Å². The SMILES string of the molecule is CN1CCC(=O)N(Cc2cc3nccc(-c4cc(Cl)cc(Cl)c4CC4CNCCO4)c3s2)C1=O. The molecule has 0 aliphatic carbocycles. The van der Waals surface area contributed by atoms with Gasteiger partial charge >= 0.3 is 6.03 Å². The number of halogens is 2. The summed E-state index contributed by atoms with van der Waals surface area (Å²) in [4.78, 5) is 33.2. The Morgan fingerprint density at radius 2 is 2.09 bits per heavy atom. The summed E-state index contributed by atoms with van der Waals surface area (Å²) in [6, 6.07) is 7.32. The lowest BCUT2D eigenvalue weighted by Crippen LogP contribution is -2.49. The van der Waals surface area contributed by atoms with Gasteiger partial charge < -0.3 is 15.0 Å². The van der Waals surface area contributed by atoms with Gasteiger partial charge in [0.15, 0.2) is 0 Å². The molecule has 1 N–H and O–H groups in total. The third-order valence-electron chi connectivity index (χ3n) is 6.18. The van der Waals surface area contributed by atoms with E-state index < -0.39 is 0 Å². The minimum Gasteiger partial charge on any atom is -0.375 e. The van der Waals surface area contributed by atoms with E-state index in [1.807, 2.05) is 18.2 Å².